The first kappa shape index (κ1) is 15.2. The van der Waals surface area contributed by atoms with Crippen molar-refractivity contribution in [3.63, 3.8) is 0 Å². The number of nitrogens with zero attached hydrogens (tertiary/aromatic N) is 3. The Morgan fingerprint density at radius 1 is 1.30 bits per heavy atom. The first-order valence-corrected chi connectivity index (χ1v) is 7.91. The zero-order valence-electron chi connectivity index (χ0n) is 12.4. The molecule has 3 aromatic rings. The molecule has 0 saturated carbocycles. The van der Waals surface area contributed by atoms with Gasteiger partial charge in [-0.3, -0.25) is 4.79 Å². The largest absolute Gasteiger partial charge is 0.481 e. The second-order valence-corrected chi connectivity index (χ2v) is 5.93. The molecule has 0 saturated heterocycles. The van der Waals surface area contributed by atoms with Gasteiger partial charge in [-0.05, 0) is 17.7 Å². The maximum Gasteiger partial charge on any atom is 0.313 e. The molecule has 0 fully saturated rings. The second kappa shape index (κ2) is 6.19. The molecular weight excluding hydrogens is 309 g/mol. The zero-order valence-corrected chi connectivity index (χ0v) is 13.2. The molecule has 5 nitrogen and oxygen atoms in total. The van der Waals surface area contributed by atoms with Crippen LogP contribution < -0.4 is 5.59 Å². The number of nitriles is 1. The summed E-state index contributed by atoms with van der Waals surface area (Å²) in [5.41, 5.74) is 2.41. The molecule has 1 N–H and O–H groups in total. The van der Waals surface area contributed by atoms with Crippen LogP contribution in [0.1, 0.15) is 5.56 Å². The Morgan fingerprint density at radius 3 is 2.74 bits per heavy atom. The van der Waals surface area contributed by atoms with Gasteiger partial charge in [0.05, 0.1) is 23.1 Å². The third kappa shape index (κ3) is 2.81. The normalized spacial score (nSPS) is 10.6. The van der Waals surface area contributed by atoms with Crippen molar-refractivity contribution in [2.24, 2.45) is 0 Å². The van der Waals surface area contributed by atoms with Crippen LogP contribution in [-0.4, -0.2) is 34.2 Å². The van der Waals surface area contributed by atoms with Gasteiger partial charge in [0.15, 0.2) is 13.0 Å². The molecule has 2 aromatic carbocycles. The number of aliphatic carboxylic acids is 1. The van der Waals surface area contributed by atoms with Crippen LogP contribution in [-0.2, 0) is 4.79 Å². The van der Waals surface area contributed by atoms with Crippen LogP contribution in [0.4, 0.5) is 0 Å². The second-order valence-electron chi connectivity index (χ2n) is 4.99. The topological polar surface area (TPSA) is 78.9 Å². The van der Waals surface area contributed by atoms with Crippen LogP contribution in [0.25, 0.3) is 16.5 Å². The van der Waals surface area contributed by atoms with Crippen molar-refractivity contribution in [3.8, 4) is 11.8 Å². The summed E-state index contributed by atoms with van der Waals surface area (Å²) in [6.07, 6.45) is 1.72. The average molecular weight is 321 g/mol. The van der Waals surface area contributed by atoms with Crippen molar-refractivity contribution in [2.75, 3.05) is 5.75 Å². The van der Waals surface area contributed by atoms with E-state index >= 15 is 0 Å². The number of hydrogen-bond donors (Lipinski definition) is 1. The fraction of sp³-hybridized carbons (Fsp3) is 0.0625. The fourth-order valence-corrected chi connectivity index (χ4v) is 3.26. The van der Waals surface area contributed by atoms with Crippen molar-refractivity contribution < 1.29 is 9.90 Å². The van der Waals surface area contributed by atoms with Gasteiger partial charge in [0.2, 0.25) is 0 Å². The van der Waals surface area contributed by atoms with Gasteiger partial charge in [-0.2, -0.15) is 5.26 Å². The van der Waals surface area contributed by atoms with Crippen LogP contribution >= 0.6 is 11.8 Å². The van der Waals surface area contributed by atoms with E-state index in [-0.39, 0.29) is 5.75 Å². The number of hydrogen-bond acceptors (Lipinski definition) is 4. The molecule has 0 amide bonds. The highest BCUT2D eigenvalue weighted by Gasteiger charge is 2.14. The van der Waals surface area contributed by atoms with Crippen molar-refractivity contribution in [1.82, 2.24) is 9.55 Å². The summed E-state index contributed by atoms with van der Waals surface area (Å²) in [4.78, 5) is 15.1. The molecule has 0 bridgehead atoms. The fourth-order valence-electron chi connectivity index (χ4n) is 2.51. The van der Waals surface area contributed by atoms with Crippen LogP contribution in [0, 0.1) is 11.3 Å². The summed E-state index contributed by atoms with van der Waals surface area (Å²) in [5.74, 6) is -0.933. The Hall–Kier alpha value is -2.72. The van der Waals surface area contributed by atoms with E-state index < -0.39 is 5.97 Å². The third-order valence-electron chi connectivity index (χ3n) is 3.49. The van der Waals surface area contributed by atoms with E-state index in [0.29, 0.717) is 10.7 Å². The van der Waals surface area contributed by atoms with E-state index in [2.05, 4.69) is 11.1 Å². The average Bonchev–Trinajstić information content (AvgIpc) is 2.92. The highest BCUT2D eigenvalue weighted by molar-refractivity contribution is 7.99. The monoisotopic (exact) mass is 321 g/mol. The molecule has 0 aliphatic carbocycles. The van der Waals surface area contributed by atoms with E-state index in [9.17, 15) is 10.1 Å². The number of aromatic nitrogens is 2. The molecule has 112 valence electrons. The van der Waals surface area contributed by atoms with Gasteiger partial charge in [0, 0.05) is 17.0 Å². The standard InChI is InChI=1S/C16H12BN3O2S/c17-14-8-19-16(23-9-15(21)22)20(14)13-6-5-10(7-18)11-3-1-2-4-12(11)13/h1-6,8H,9,17H2,(H,21,22). The maximum absolute atomic E-state index is 10.8. The number of benzene rings is 2. The van der Waals surface area contributed by atoms with E-state index in [0.717, 1.165) is 22.1 Å². The smallest absolute Gasteiger partial charge is 0.313 e. The Labute approximate surface area is 138 Å². The lowest BCUT2D eigenvalue weighted by Gasteiger charge is -2.13. The van der Waals surface area contributed by atoms with Crippen LogP contribution in [0.5, 0.6) is 0 Å². The summed E-state index contributed by atoms with van der Waals surface area (Å²) >= 11 is 1.18. The molecule has 0 atom stereocenters. The number of rotatable bonds is 4. The maximum atomic E-state index is 10.8. The van der Waals surface area contributed by atoms with Gasteiger partial charge in [-0.1, -0.05) is 36.0 Å². The Kier molecular flexibility index (Phi) is 4.09. The minimum Gasteiger partial charge on any atom is -0.481 e. The van der Waals surface area contributed by atoms with Gasteiger partial charge in [-0.15, -0.1) is 0 Å². The minimum atomic E-state index is -0.883. The summed E-state index contributed by atoms with van der Waals surface area (Å²) in [5, 5.41) is 20.6. The summed E-state index contributed by atoms with van der Waals surface area (Å²) in [7, 11) is 1.92. The number of carboxylic acid groups (broad SMARTS) is 1. The molecule has 1 aromatic heterocycles. The summed E-state index contributed by atoms with van der Waals surface area (Å²) < 4.78 is 1.93. The molecule has 3 rings (SSSR count). The lowest BCUT2D eigenvalue weighted by molar-refractivity contribution is -0.133. The van der Waals surface area contributed by atoms with E-state index in [1.54, 1.807) is 12.3 Å². The van der Waals surface area contributed by atoms with Crippen LogP contribution in [0.3, 0.4) is 0 Å². The Balaban J connectivity index is 2.20. The van der Waals surface area contributed by atoms with E-state index in [1.807, 2.05) is 42.7 Å². The molecule has 0 unspecified atom stereocenters. The quantitative estimate of drug-likeness (QED) is 0.579. The number of thioether (sulfide) groups is 1. The Morgan fingerprint density at radius 2 is 2.04 bits per heavy atom. The lowest BCUT2D eigenvalue weighted by Crippen LogP contribution is -2.16. The van der Waals surface area contributed by atoms with Gasteiger partial charge < -0.3 is 9.67 Å². The number of imidazole rings is 1. The first-order chi connectivity index (χ1) is 11.1. The molecule has 1 heterocycles. The van der Waals surface area contributed by atoms with Gasteiger partial charge >= 0.3 is 5.97 Å². The molecule has 23 heavy (non-hydrogen) atoms. The van der Waals surface area contributed by atoms with E-state index in [4.69, 9.17) is 5.11 Å². The third-order valence-corrected chi connectivity index (χ3v) is 4.43. The molecule has 0 spiro atoms. The predicted octanol–water partition coefficient (Wildman–Crippen LogP) is 1.33. The van der Waals surface area contributed by atoms with Crippen molar-refractivity contribution in [2.45, 2.75) is 5.16 Å². The number of fused-ring (bicyclic) bond motifs is 1. The van der Waals surface area contributed by atoms with Gasteiger partial charge in [0.25, 0.3) is 0 Å². The van der Waals surface area contributed by atoms with Crippen LogP contribution in [0.15, 0.2) is 47.8 Å². The summed E-state index contributed by atoms with van der Waals surface area (Å²) in [6.45, 7) is 0. The zero-order chi connectivity index (χ0) is 16.4. The molecular formula is C16H12BN3O2S. The van der Waals surface area contributed by atoms with Crippen LogP contribution in [0.2, 0.25) is 0 Å². The predicted molar refractivity (Wildman–Crippen MR) is 92.3 cm³/mol. The minimum absolute atomic E-state index is 0.0509. The van der Waals surface area contributed by atoms with Crippen molar-refractivity contribution >= 4 is 41.9 Å². The number of carboxylic acids is 1. The van der Waals surface area contributed by atoms with Gasteiger partial charge in [-0.25, -0.2) is 4.98 Å². The summed E-state index contributed by atoms with van der Waals surface area (Å²) in [6, 6.07) is 13.5. The Bertz CT molecular complexity index is 946. The SMILES string of the molecule is Bc1cnc(SCC(=O)O)n1-c1ccc(C#N)c2ccccc12. The van der Waals surface area contributed by atoms with Crippen molar-refractivity contribution in [1.29, 1.82) is 5.26 Å². The lowest BCUT2D eigenvalue weighted by atomic mass is 10.0. The van der Waals surface area contributed by atoms with Gasteiger partial charge in [0.1, 0.15) is 0 Å². The molecule has 0 aliphatic rings. The van der Waals surface area contributed by atoms with Crippen molar-refractivity contribution in [3.05, 3.63) is 48.2 Å². The molecule has 7 heteroatoms. The van der Waals surface area contributed by atoms with E-state index in [1.165, 1.54) is 11.8 Å². The highest BCUT2D eigenvalue weighted by atomic mass is 32.2. The molecule has 0 radical (unpaired) electrons. The first-order valence-electron chi connectivity index (χ1n) is 6.93. The molecule has 0 aliphatic heterocycles. The highest BCUT2D eigenvalue weighted by Crippen LogP contribution is 2.28. The number of carbonyl (C=O) groups is 1.